The molecule has 5 nitrogen and oxygen atoms in total. The fourth-order valence-corrected chi connectivity index (χ4v) is 2.49. The van der Waals surface area contributed by atoms with Gasteiger partial charge in [0.15, 0.2) is 0 Å². The van der Waals surface area contributed by atoms with Gasteiger partial charge >= 0.3 is 0 Å². The first kappa shape index (κ1) is 13.0. The minimum Gasteiger partial charge on any atom is -0.312 e. The fourth-order valence-electron chi connectivity index (χ4n) is 2.35. The van der Waals surface area contributed by atoms with E-state index in [1.54, 1.807) is 0 Å². The van der Waals surface area contributed by atoms with Gasteiger partial charge in [0.2, 0.25) is 5.91 Å². The van der Waals surface area contributed by atoms with E-state index in [-0.39, 0.29) is 11.8 Å². The molecule has 20 heavy (non-hydrogen) atoms. The third-order valence-electron chi connectivity index (χ3n) is 3.30. The molecule has 2 aromatic rings. The highest BCUT2D eigenvalue weighted by Gasteiger charge is 2.26. The Balaban J connectivity index is 1.82. The Morgan fingerprint density at radius 1 is 1.35 bits per heavy atom. The van der Waals surface area contributed by atoms with Crippen LogP contribution in [0.15, 0.2) is 36.7 Å². The average Bonchev–Trinajstić information content (AvgIpc) is 2.46. The lowest BCUT2D eigenvalue weighted by molar-refractivity contribution is -0.117. The molecule has 0 saturated heterocycles. The summed E-state index contributed by atoms with van der Waals surface area (Å²) in [4.78, 5) is 20.2. The minimum absolute atomic E-state index is 0.0978. The van der Waals surface area contributed by atoms with Gasteiger partial charge in [-0.2, -0.15) is 0 Å². The molecule has 6 heteroatoms. The number of benzene rings is 1. The molecular weight excluding hydrogens is 276 g/mol. The van der Waals surface area contributed by atoms with Gasteiger partial charge < -0.3 is 10.6 Å². The molecule has 3 rings (SSSR count). The Morgan fingerprint density at radius 2 is 2.20 bits per heavy atom. The summed E-state index contributed by atoms with van der Waals surface area (Å²) in [7, 11) is 0. The van der Waals surface area contributed by atoms with E-state index in [9.17, 15) is 4.79 Å². The fraction of sp³-hybridized carbons (Fsp3) is 0.214. The predicted molar refractivity (Wildman–Crippen MR) is 76.6 cm³/mol. The molecule has 0 aliphatic carbocycles. The Labute approximate surface area is 121 Å². The predicted octanol–water partition coefficient (Wildman–Crippen LogP) is 1.96. The summed E-state index contributed by atoms with van der Waals surface area (Å²) in [5.74, 6) is 0.0890. The topological polar surface area (TPSA) is 66.9 Å². The van der Waals surface area contributed by atoms with Crippen molar-refractivity contribution < 1.29 is 4.79 Å². The zero-order valence-corrected chi connectivity index (χ0v) is 11.4. The van der Waals surface area contributed by atoms with Crippen LogP contribution in [-0.4, -0.2) is 22.4 Å². The highest BCUT2D eigenvalue weighted by molar-refractivity contribution is 6.29. The molecule has 0 spiro atoms. The van der Waals surface area contributed by atoms with Crippen LogP contribution in [0.1, 0.15) is 17.0 Å². The third-order valence-corrected chi connectivity index (χ3v) is 3.50. The van der Waals surface area contributed by atoms with E-state index < -0.39 is 0 Å². The van der Waals surface area contributed by atoms with Crippen molar-refractivity contribution in [3.8, 4) is 0 Å². The van der Waals surface area contributed by atoms with Gasteiger partial charge in [-0.3, -0.25) is 4.79 Å². The third kappa shape index (κ3) is 2.64. The molecule has 0 radical (unpaired) electrons. The second-order valence-corrected chi connectivity index (χ2v) is 4.98. The average molecular weight is 289 g/mol. The number of aromatic nitrogens is 2. The molecule has 1 aromatic heterocycles. The van der Waals surface area contributed by atoms with Crippen molar-refractivity contribution in [1.29, 1.82) is 0 Å². The number of amides is 1. The molecule has 0 fully saturated rings. The summed E-state index contributed by atoms with van der Waals surface area (Å²) in [5.41, 5.74) is 2.21. The Kier molecular flexibility index (Phi) is 3.62. The van der Waals surface area contributed by atoms with Gasteiger partial charge in [0.25, 0.3) is 0 Å². The van der Waals surface area contributed by atoms with Crippen molar-refractivity contribution in [3.05, 3.63) is 52.9 Å². The lowest BCUT2D eigenvalue weighted by Crippen LogP contribution is -2.35. The van der Waals surface area contributed by atoms with Crippen LogP contribution in [0.3, 0.4) is 0 Å². The summed E-state index contributed by atoms with van der Waals surface area (Å²) < 4.78 is 0. The van der Waals surface area contributed by atoms with Crippen molar-refractivity contribution in [2.75, 3.05) is 11.9 Å². The second kappa shape index (κ2) is 5.56. The molecule has 1 amide bonds. The van der Waals surface area contributed by atoms with Crippen LogP contribution in [0.4, 0.5) is 5.82 Å². The maximum Gasteiger partial charge on any atom is 0.234 e. The summed E-state index contributed by atoms with van der Waals surface area (Å²) in [6, 6.07) is 9.48. The number of rotatable bonds is 2. The van der Waals surface area contributed by atoms with E-state index in [2.05, 4.69) is 20.6 Å². The van der Waals surface area contributed by atoms with Crippen LogP contribution in [0.2, 0.25) is 5.15 Å². The van der Waals surface area contributed by atoms with Crippen LogP contribution in [0, 0.1) is 0 Å². The Bertz CT molecular complexity index is 647. The lowest BCUT2D eigenvalue weighted by Gasteiger charge is -2.25. The standard InChI is InChI=1S/C14H13ClN4O/c15-12-5-13(18-8-17-12)19-14(20)11-7-16-6-9-3-1-2-4-10(9)11/h1-5,8,11,16H,6-7H2,(H,17,18,19,20). The van der Waals surface area contributed by atoms with Crippen LogP contribution >= 0.6 is 11.6 Å². The largest absolute Gasteiger partial charge is 0.312 e. The van der Waals surface area contributed by atoms with Gasteiger partial charge in [0.05, 0.1) is 5.92 Å². The molecule has 1 aliphatic heterocycles. The van der Waals surface area contributed by atoms with Crippen LogP contribution in [0.5, 0.6) is 0 Å². The van der Waals surface area contributed by atoms with Gasteiger partial charge in [0.1, 0.15) is 17.3 Å². The van der Waals surface area contributed by atoms with Crippen LogP contribution in [-0.2, 0) is 11.3 Å². The summed E-state index contributed by atoms with van der Waals surface area (Å²) >= 11 is 5.78. The monoisotopic (exact) mass is 288 g/mol. The first-order chi connectivity index (χ1) is 9.74. The van der Waals surface area contributed by atoms with E-state index in [1.165, 1.54) is 12.4 Å². The number of halogens is 1. The van der Waals surface area contributed by atoms with Gasteiger partial charge in [0, 0.05) is 19.2 Å². The smallest absolute Gasteiger partial charge is 0.234 e. The number of carbonyl (C=O) groups is 1. The minimum atomic E-state index is -0.228. The molecular formula is C14H13ClN4O. The van der Waals surface area contributed by atoms with Crippen molar-refractivity contribution in [3.63, 3.8) is 0 Å². The molecule has 102 valence electrons. The van der Waals surface area contributed by atoms with Crippen molar-refractivity contribution in [2.45, 2.75) is 12.5 Å². The van der Waals surface area contributed by atoms with Crippen LogP contribution in [0.25, 0.3) is 0 Å². The second-order valence-electron chi connectivity index (χ2n) is 4.60. The first-order valence-corrected chi connectivity index (χ1v) is 6.69. The molecule has 0 saturated carbocycles. The van der Waals surface area contributed by atoms with E-state index >= 15 is 0 Å². The van der Waals surface area contributed by atoms with Gasteiger partial charge in [-0.05, 0) is 11.1 Å². The van der Waals surface area contributed by atoms with Crippen molar-refractivity contribution in [1.82, 2.24) is 15.3 Å². The van der Waals surface area contributed by atoms with E-state index in [0.29, 0.717) is 17.5 Å². The highest BCUT2D eigenvalue weighted by Crippen LogP contribution is 2.25. The zero-order chi connectivity index (χ0) is 13.9. The maximum absolute atomic E-state index is 12.4. The summed E-state index contributed by atoms with van der Waals surface area (Å²) in [5, 5.41) is 6.33. The maximum atomic E-state index is 12.4. The van der Waals surface area contributed by atoms with Gasteiger partial charge in [-0.25, -0.2) is 9.97 Å². The quantitative estimate of drug-likeness (QED) is 0.829. The van der Waals surface area contributed by atoms with Gasteiger partial charge in [-0.1, -0.05) is 35.9 Å². The van der Waals surface area contributed by atoms with E-state index in [4.69, 9.17) is 11.6 Å². The number of carbonyl (C=O) groups excluding carboxylic acids is 1. The molecule has 2 N–H and O–H groups in total. The zero-order valence-electron chi connectivity index (χ0n) is 10.6. The Hall–Kier alpha value is -1.98. The van der Waals surface area contributed by atoms with Crippen molar-refractivity contribution >= 4 is 23.3 Å². The summed E-state index contributed by atoms with van der Waals surface area (Å²) in [6.07, 6.45) is 1.32. The number of fused-ring (bicyclic) bond motifs is 1. The Morgan fingerprint density at radius 3 is 3.05 bits per heavy atom. The number of hydrogen-bond acceptors (Lipinski definition) is 4. The van der Waals surface area contributed by atoms with E-state index in [1.807, 2.05) is 24.3 Å². The molecule has 1 unspecified atom stereocenters. The first-order valence-electron chi connectivity index (χ1n) is 6.31. The highest BCUT2D eigenvalue weighted by atomic mass is 35.5. The van der Waals surface area contributed by atoms with Gasteiger partial charge in [-0.15, -0.1) is 0 Å². The molecule has 1 aromatic carbocycles. The van der Waals surface area contributed by atoms with Crippen LogP contribution < -0.4 is 10.6 Å². The summed E-state index contributed by atoms with van der Waals surface area (Å²) in [6.45, 7) is 1.40. The number of nitrogens with one attached hydrogen (secondary N) is 2. The number of anilines is 1. The number of hydrogen-bond donors (Lipinski definition) is 2. The molecule has 2 heterocycles. The van der Waals surface area contributed by atoms with E-state index in [0.717, 1.165) is 17.7 Å². The lowest BCUT2D eigenvalue weighted by atomic mass is 9.90. The molecule has 1 aliphatic rings. The normalized spacial score (nSPS) is 17.4. The SMILES string of the molecule is O=C(Nc1cc(Cl)ncn1)C1CNCc2ccccc21. The molecule has 0 bridgehead atoms. The molecule has 1 atom stereocenters. The number of nitrogens with zero attached hydrogens (tertiary/aromatic N) is 2. The van der Waals surface area contributed by atoms with Crippen molar-refractivity contribution in [2.24, 2.45) is 0 Å².